The monoisotopic (exact) mass is 339 g/mol. The number of imide groups is 1. The van der Waals surface area contributed by atoms with E-state index < -0.39 is 17.4 Å². The van der Waals surface area contributed by atoms with Gasteiger partial charge in [0.05, 0.1) is 11.8 Å². The van der Waals surface area contributed by atoms with Crippen LogP contribution < -0.4 is 5.32 Å². The van der Waals surface area contributed by atoms with Gasteiger partial charge in [0.15, 0.2) is 0 Å². The summed E-state index contributed by atoms with van der Waals surface area (Å²) in [6, 6.07) is 7.10. The van der Waals surface area contributed by atoms with Crippen molar-refractivity contribution in [3.8, 4) is 0 Å². The number of carbonyl (C=O) groups excluding carboxylic acids is 3. The van der Waals surface area contributed by atoms with Gasteiger partial charge in [-0.2, -0.15) is 0 Å². The lowest BCUT2D eigenvalue weighted by molar-refractivity contribution is -0.144. The molecule has 6 heteroatoms. The molecule has 25 heavy (non-hydrogen) atoms. The van der Waals surface area contributed by atoms with E-state index in [1.807, 2.05) is 36.1 Å². The molecule has 2 fully saturated rings. The predicted molar refractivity (Wildman–Crippen MR) is 92.5 cm³/mol. The third kappa shape index (κ3) is 1.70. The largest absolute Gasteiger partial charge is 0.324 e. The van der Waals surface area contributed by atoms with Crippen molar-refractivity contribution < 1.29 is 14.4 Å². The number of anilines is 1. The Hall–Kier alpha value is -2.47. The summed E-state index contributed by atoms with van der Waals surface area (Å²) in [5.41, 5.74) is 0.351. The van der Waals surface area contributed by atoms with Crippen molar-refractivity contribution >= 4 is 23.4 Å². The van der Waals surface area contributed by atoms with Gasteiger partial charge in [0.1, 0.15) is 5.54 Å². The average Bonchev–Trinajstić information content (AvgIpc) is 3.15. The molecule has 0 saturated carbocycles. The Morgan fingerprint density at radius 1 is 1.24 bits per heavy atom. The molecule has 6 nitrogen and oxygen atoms in total. The lowest BCUT2D eigenvalue weighted by Crippen LogP contribution is -2.55. The summed E-state index contributed by atoms with van der Waals surface area (Å²) in [6.45, 7) is 6.53. The van der Waals surface area contributed by atoms with Crippen LogP contribution in [0.1, 0.15) is 18.9 Å². The highest BCUT2D eigenvalue weighted by atomic mass is 16.2. The molecule has 1 aromatic carbocycles. The molecule has 0 bridgehead atoms. The second-order valence-electron chi connectivity index (χ2n) is 6.92. The number of para-hydroxylation sites is 1. The first-order chi connectivity index (χ1) is 12.0. The van der Waals surface area contributed by atoms with Gasteiger partial charge in [-0.15, -0.1) is 6.58 Å². The minimum absolute atomic E-state index is 0.224. The fourth-order valence-corrected chi connectivity index (χ4v) is 4.92. The zero-order valence-corrected chi connectivity index (χ0v) is 14.4. The third-order valence-electron chi connectivity index (χ3n) is 5.84. The zero-order chi connectivity index (χ0) is 17.9. The summed E-state index contributed by atoms with van der Waals surface area (Å²) in [6.07, 6.45) is 2.51. The summed E-state index contributed by atoms with van der Waals surface area (Å²) < 4.78 is 0. The number of fused-ring (bicyclic) bond motifs is 4. The molecule has 3 aliphatic heterocycles. The van der Waals surface area contributed by atoms with Crippen molar-refractivity contribution in [2.75, 3.05) is 18.9 Å². The molecule has 4 atom stereocenters. The molecule has 1 spiro atoms. The summed E-state index contributed by atoms with van der Waals surface area (Å²) in [7, 11) is 1.50. The molecule has 0 radical (unpaired) electrons. The summed E-state index contributed by atoms with van der Waals surface area (Å²) in [5, 5.41) is 2.93. The molecule has 3 heterocycles. The summed E-state index contributed by atoms with van der Waals surface area (Å²) in [5.74, 6) is -2.03. The zero-order valence-electron chi connectivity index (χ0n) is 14.4. The molecular weight excluding hydrogens is 318 g/mol. The van der Waals surface area contributed by atoms with Gasteiger partial charge in [-0.25, -0.2) is 0 Å². The Labute approximate surface area is 146 Å². The van der Waals surface area contributed by atoms with E-state index in [1.54, 1.807) is 6.08 Å². The highest BCUT2D eigenvalue weighted by Crippen LogP contribution is 2.57. The van der Waals surface area contributed by atoms with Crippen LogP contribution in [0.25, 0.3) is 0 Å². The number of rotatable bonds is 3. The minimum atomic E-state index is -1.15. The molecule has 3 unspecified atom stereocenters. The van der Waals surface area contributed by atoms with Crippen LogP contribution in [0, 0.1) is 11.8 Å². The number of nitrogens with zero attached hydrogens (tertiary/aromatic N) is 2. The van der Waals surface area contributed by atoms with E-state index in [0.717, 1.165) is 12.0 Å². The van der Waals surface area contributed by atoms with Gasteiger partial charge < -0.3 is 5.32 Å². The average molecular weight is 339 g/mol. The predicted octanol–water partition coefficient (Wildman–Crippen LogP) is 1.35. The number of nitrogens with one attached hydrogen (secondary N) is 1. The van der Waals surface area contributed by atoms with Crippen LogP contribution in [0.4, 0.5) is 5.69 Å². The first-order valence-corrected chi connectivity index (χ1v) is 8.61. The smallest absolute Gasteiger partial charge is 0.250 e. The van der Waals surface area contributed by atoms with Gasteiger partial charge in [-0.05, 0) is 19.0 Å². The lowest BCUT2D eigenvalue weighted by Gasteiger charge is -2.38. The molecule has 1 N–H and O–H groups in total. The normalized spacial score (nSPS) is 33.8. The van der Waals surface area contributed by atoms with Gasteiger partial charge in [0, 0.05) is 24.3 Å². The van der Waals surface area contributed by atoms with Crippen molar-refractivity contribution in [1.29, 1.82) is 0 Å². The van der Waals surface area contributed by atoms with Crippen molar-refractivity contribution in [1.82, 2.24) is 9.80 Å². The Morgan fingerprint density at radius 3 is 2.64 bits per heavy atom. The van der Waals surface area contributed by atoms with Crippen LogP contribution in [0.3, 0.4) is 0 Å². The van der Waals surface area contributed by atoms with Crippen LogP contribution in [-0.4, -0.2) is 47.2 Å². The Bertz CT molecular complexity index is 805. The molecule has 2 saturated heterocycles. The number of likely N-dealkylation sites (tertiary alicyclic amines) is 2. The first-order valence-electron chi connectivity index (χ1n) is 8.61. The maximum atomic E-state index is 13.2. The van der Waals surface area contributed by atoms with Crippen LogP contribution in [0.2, 0.25) is 0 Å². The van der Waals surface area contributed by atoms with Crippen LogP contribution in [0.5, 0.6) is 0 Å². The third-order valence-corrected chi connectivity index (χ3v) is 5.84. The van der Waals surface area contributed by atoms with E-state index in [4.69, 9.17) is 0 Å². The van der Waals surface area contributed by atoms with Gasteiger partial charge >= 0.3 is 0 Å². The summed E-state index contributed by atoms with van der Waals surface area (Å²) in [4.78, 5) is 42.2. The number of amides is 3. The van der Waals surface area contributed by atoms with Gasteiger partial charge in [-0.1, -0.05) is 31.2 Å². The van der Waals surface area contributed by atoms with E-state index in [9.17, 15) is 14.4 Å². The number of hydrogen-bond acceptors (Lipinski definition) is 4. The topological polar surface area (TPSA) is 69.7 Å². The molecule has 1 aromatic rings. The van der Waals surface area contributed by atoms with E-state index >= 15 is 0 Å². The second-order valence-corrected chi connectivity index (χ2v) is 6.92. The molecular formula is C19H21N3O3. The van der Waals surface area contributed by atoms with E-state index in [0.29, 0.717) is 12.2 Å². The maximum absolute atomic E-state index is 13.2. The van der Waals surface area contributed by atoms with Gasteiger partial charge in [-0.3, -0.25) is 24.2 Å². The van der Waals surface area contributed by atoms with Crippen LogP contribution in [0.15, 0.2) is 36.9 Å². The fourth-order valence-electron chi connectivity index (χ4n) is 4.92. The van der Waals surface area contributed by atoms with Crippen molar-refractivity contribution in [3.05, 3.63) is 42.5 Å². The first kappa shape index (κ1) is 16.0. The molecule has 3 aliphatic rings. The van der Waals surface area contributed by atoms with Gasteiger partial charge in [0.2, 0.25) is 17.7 Å². The summed E-state index contributed by atoms with van der Waals surface area (Å²) >= 11 is 0. The quantitative estimate of drug-likeness (QED) is 0.667. The van der Waals surface area contributed by atoms with Crippen LogP contribution in [-0.2, 0) is 19.9 Å². The number of benzene rings is 1. The van der Waals surface area contributed by atoms with E-state index in [2.05, 4.69) is 11.9 Å². The molecule has 4 rings (SSSR count). The van der Waals surface area contributed by atoms with E-state index in [1.165, 1.54) is 11.9 Å². The number of hydrogen-bond donors (Lipinski definition) is 1. The minimum Gasteiger partial charge on any atom is -0.324 e. The highest BCUT2D eigenvalue weighted by Gasteiger charge is 2.72. The van der Waals surface area contributed by atoms with Crippen molar-refractivity contribution in [2.24, 2.45) is 11.8 Å². The number of carbonyl (C=O) groups is 3. The van der Waals surface area contributed by atoms with Gasteiger partial charge in [0.25, 0.3) is 0 Å². The van der Waals surface area contributed by atoms with E-state index in [-0.39, 0.29) is 23.8 Å². The standard InChI is InChI=1S/C19H21N3O3/c1-4-10-22-13(5-2)14-15(17(24)21(3)16(14)23)19(22)11-8-6-7-9-12(11)20-18(19)25/h5-9,13-15H,2,4,10H2,1,3H3,(H,20,25)/t13?,14?,15?,19-/m0/s1. The second kappa shape index (κ2) is 5.26. The molecule has 0 aromatic heterocycles. The fraction of sp³-hybridized carbons (Fsp3) is 0.421. The highest BCUT2D eigenvalue weighted by molar-refractivity contribution is 6.15. The van der Waals surface area contributed by atoms with Crippen LogP contribution >= 0.6 is 0 Å². The SMILES string of the molecule is C=CC1C2C(=O)N(C)C(=O)C2[C@@]2(C(=O)Nc3ccccc32)N1CCC. The maximum Gasteiger partial charge on any atom is 0.250 e. The molecule has 130 valence electrons. The lowest BCUT2D eigenvalue weighted by atomic mass is 9.76. The Kier molecular flexibility index (Phi) is 3.37. The Balaban J connectivity index is 2.01. The molecule has 0 aliphatic carbocycles. The van der Waals surface area contributed by atoms with Crippen molar-refractivity contribution in [3.63, 3.8) is 0 Å². The Morgan fingerprint density at radius 2 is 1.96 bits per heavy atom. The van der Waals surface area contributed by atoms with Crippen molar-refractivity contribution in [2.45, 2.75) is 24.9 Å². The molecule has 3 amide bonds.